The van der Waals surface area contributed by atoms with Gasteiger partial charge in [0.1, 0.15) is 11.8 Å². The first-order valence-corrected chi connectivity index (χ1v) is 12.4. The van der Waals surface area contributed by atoms with E-state index in [0.29, 0.717) is 28.8 Å². The van der Waals surface area contributed by atoms with Crippen molar-refractivity contribution >= 4 is 35.0 Å². The van der Waals surface area contributed by atoms with E-state index < -0.39 is 6.04 Å². The van der Waals surface area contributed by atoms with Gasteiger partial charge in [0.25, 0.3) is 5.91 Å². The van der Waals surface area contributed by atoms with E-state index in [9.17, 15) is 9.59 Å². The van der Waals surface area contributed by atoms with Crippen LogP contribution in [0, 0.1) is 6.92 Å². The lowest BCUT2D eigenvalue weighted by atomic mass is 10.0. The summed E-state index contributed by atoms with van der Waals surface area (Å²) < 4.78 is 5.80. The van der Waals surface area contributed by atoms with Crippen molar-refractivity contribution in [1.82, 2.24) is 10.2 Å². The van der Waals surface area contributed by atoms with Crippen molar-refractivity contribution in [2.24, 2.45) is 0 Å². The lowest BCUT2D eigenvalue weighted by Crippen LogP contribution is -2.51. The zero-order chi connectivity index (χ0) is 25.2. The number of halogens is 2. The maximum atomic E-state index is 13.5. The van der Waals surface area contributed by atoms with Gasteiger partial charge in [0.2, 0.25) is 5.91 Å². The predicted molar refractivity (Wildman–Crippen MR) is 141 cm³/mol. The standard InChI is InChI=1S/C28H30Cl2N2O3/c1-3-15-31-28(34)26(17-21-9-5-4-6-10-21)32(18-22-11-7-8-12-25(22)30)27(33)19-35-23-13-14-24(29)20(2)16-23/h4-14,16,26H,3,15,17-19H2,1-2H3,(H,31,34)/t26-/m1/s1. The number of rotatable bonds is 11. The highest BCUT2D eigenvalue weighted by atomic mass is 35.5. The van der Waals surface area contributed by atoms with Crippen LogP contribution in [-0.2, 0) is 22.6 Å². The Kier molecular flexibility index (Phi) is 10.0. The summed E-state index contributed by atoms with van der Waals surface area (Å²) in [7, 11) is 0. The third-order valence-electron chi connectivity index (χ3n) is 5.61. The van der Waals surface area contributed by atoms with Crippen LogP contribution in [0.25, 0.3) is 0 Å². The van der Waals surface area contributed by atoms with Crippen molar-refractivity contribution in [2.75, 3.05) is 13.2 Å². The van der Waals surface area contributed by atoms with Gasteiger partial charge in [-0.15, -0.1) is 0 Å². The van der Waals surface area contributed by atoms with Crippen LogP contribution in [0.15, 0.2) is 72.8 Å². The number of amides is 2. The second kappa shape index (κ2) is 13.2. The maximum absolute atomic E-state index is 13.5. The Morgan fingerprint density at radius 2 is 1.69 bits per heavy atom. The molecule has 1 N–H and O–H groups in total. The molecule has 3 aromatic rings. The van der Waals surface area contributed by atoms with Crippen LogP contribution in [0.3, 0.4) is 0 Å². The Morgan fingerprint density at radius 3 is 2.37 bits per heavy atom. The average molecular weight is 513 g/mol. The molecule has 0 saturated heterocycles. The molecule has 0 saturated carbocycles. The van der Waals surface area contributed by atoms with Gasteiger partial charge in [0.05, 0.1) is 0 Å². The summed E-state index contributed by atoms with van der Waals surface area (Å²) in [5, 5.41) is 4.11. The second-order valence-corrected chi connectivity index (χ2v) is 9.12. The molecule has 0 aromatic heterocycles. The molecule has 0 radical (unpaired) electrons. The maximum Gasteiger partial charge on any atom is 0.261 e. The van der Waals surface area contributed by atoms with Crippen molar-refractivity contribution in [3.05, 3.63) is 99.5 Å². The van der Waals surface area contributed by atoms with E-state index in [1.165, 1.54) is 0 Å². The number of carbonyl (C=O) groups is 2. The molecule has 5 nitrogen and oxygen atoms in total. The molecule has 0 aliphatic rings. The highest BCUT2D eigenvalue weighted by Crippen LogP contribution is 2.23. The molecule has 35 heavy (non-hydrogen) atoms. The molecular weight excluding hydrogens is 483 g/mol. The van der Waals surface area contributed by atoms with Crippen LogP contribution in [-0.4, -0.2) is 35.9 Å². The quantitative estimate of drug-likeness (QED) is 0.350. The van der Waals surface area contributed by atoms with Crippen LogP contribution >= 0.6 is 23.2 Å². The van der Waals surface area contributed by atoms with Gasteiger partial charge in [0.15, 0.2) is 6.61 Å². The lowest BCUT2D eigenvalue weighted by molar-refractivity contribution is -0.142. The minimum absolute atomic E-state index is 0.179. The molecule has 0 aliphatic heterocycles. The molecule has 0 heterocycles. The molecule has 7 heteroatoms. The van der Waals surface area contributed by atoms with Crippen molar-refractivity contribution in [1.29, 1.82) is 0 Å². The number of benzene rings is 3. The van der Waals surface area contributed by atoms with Crippen molar-refractivity contribution in [3.63, 3.8) is 0 Å². The first-order chi connectivity index (χ1) is 16.9. The number of aryl methyl sites for hydroxylation is 1. The van der Waals surface area contributed by atoms with Crippen molar-refractivity contribution in [3.8, 4) is 5.75 Å². The van der Waals surface area contributed by atoms with Gasteiger partial charge < -0.3 is 15.0 Å². The SMILES string of the molecule is CCCNC(=O)[C@@H](Cc1ccccc1)N(Cc1ccccc1Cl)C(=O)COc1ccc(Cl)c(C)c1. The van der Waals surface area contributed by atoms with E-state index in [4.69, 9.17) is 27.9 Å². The molecule has 2 amide bonds. The molecule has 0 bridgehead atoms. The van der Waals surface area contributed by atoms with E-state index >= 15 is 0 Å². The molecule has 3 aromatic carbocycles. The summed E-state index contributed by atoms with van der Waals surface area (Å²) in [4.78, 5) is 28.4. The number of hydrogen-bond donors (Lipinski definition) is 1. The summed E-state index contributed by atoms with van der Waals surface area (Å²) in [6, 6.07) is 21.5. The summed E-state index contributed by atoms with van der Waals surface area (Å²) >= 11 is 12.5. The van der Waals surface area contributed by atoms with Gasteiger partial charge in [-0.3, -0.25) is 9.59 Å². The Bertz CT molecular complexity index is 1140. The van der Waals surface area contributed by atoms with E-state index in [0.717, 1.165) is 23.1 Å². The predicted octanol–water partition coefficient (Wildman–Crippen LogP) is 5.85. The Labute approximate surface area is 217 Å². The fourth-order valence-electron chi connectivity index (χ4n) is 3.67. The molecular formula is C28H30Cl2N2O3. The van der Waals surface area contributed by atoms with E-state index in [1.807, 2.05) is 62.4 Å². The largest absolute Gasteiger partial charge is 0.484 e. The number of nitrogens with one attached hydrogen (secondary N) is 1. The zero-order valence-corrected chi connectivity index (χ0v) is 21.5. The zero-order valence-electron chi connectivity index (χ0n) is 20.0. The topological polar surface area (TPSA) is 58.6 Å². The molecule has 1 atom stereocenters. The van der Waals surface area contributed by atoms with Gasteiger partial charge in [-0.2, -0.15) is 0 Å². The first kappa shape index (κ1) is 26.6. The fourth-order valence-corrected chi connectivity index (χ4v) is 3.98. The van der Waals surface area contributed by atoms with E-state index in [2.05, 4.69) is 5.32 Å². The number of ether oxygens (including phenoxy) is 1. The number of carbonyl (C=O) groups excluding carboxylic acids is 2. The minimum atomic E-state index is -0.733. The smallest absolute Gasteiger partial charge is 0.261 e. The third-order valence-corrected chi connectivity index (χ3v) is 6.40. The highest BCUT2D eigenvalue weighted by Gasteiger charge is 2.31. The van der Waals surface area contributed by atoms with Crippen LogP contribution in [0.2, 0.25) is 10.0 Å². The molecule has 3 rings (SSSR count). The first-order valence-electron chi connectivity index (χ1n) is 11.6. The lowest BCUT2D eigenvalue weighted by Gasteiger charge is -2.31. The van der Waals surface area contributed by atoms with Crippen molar-refractivity contribution in [2.45, 2.75) is 39.3 Å². The molecule has 184 valence electrons. The second-order valence-electron chi connectivity index (χ2n) is 8.31. The fraction of sp³-hybridized carbons (Fsp3) is 0.286. The van der Waals surface area contributed by atoms with Crippen LogP contribution in [0.1, 0.15) is 30.0 Å². The van der Waals surface area contributed by atoms with Crippen molar-refractivity contribution < 1.29 is 14.3 Å². The minimum Gasteiger partial charge on any atom is -0.484 e. The average Bonchev–Trinajstić information content (AvgIpc) is 2.86. The van der Waals surface area contributed by atoms with Crippen LogP contribution in [0.5, 0.6) is 5.75 Å². The summed E-state index contributed by atoms with van der Waals surface area (Å²) in [5.41, 5.74) is 2.56. The van der Waals surface area contributed by atoms with E-state index in [-0.39, 0.29) is 25.0 Å². The summed E-state index contributed by atoms with van der Waals surface area (Å²) in [5.74, 6) is 0.0107. The van der Waals surface area contributed by atoms with E-state index in [1.54, 1.807) is 29.2 Å². The Balaban J connectivity index is 1.90. The summed E-state index contributed by atoms with van der Waals surface area (Å²) in [6.07, 6.45) is 1.16. The van der Waals surface area contributed by atoms with Crippen LogP contribution in [0.4, 0.5) is 0 Å². The number of nitrogens with zero attached hydrogens (tertiary/aromatic N) is 1. The Hall–Kier alpha value is -3.02. The van der Waals surface area contributed by atoms with Gasteiger partial charge in [-0.25, -0.2) is 0 Å². The Morgan fingerprint density at radius 1 is 0.971 bits per heavy atom. The number of hydrogen-bond acceptors (Lipinski definition) is 3. The molecule has 0 aliphatic carbocycles. The monoisotopic (exact) mass is 512 g/mol. The highest BCUT2D eigenvalue weighted by molar-refractivity contribution is 6.31. The van der Waals surface area contributed by atoms with Crippen LogP contribution < -0.4 is 10.1 Å². The molecule has 0 unspecified atom stereocenters. The third kappa shape index (κ3) is 7.74. The normalized spacial score (nSPS) is 11.5. The van der Waals surface area contributed by atoms with Gasteiger partial charge >= 0.3 is 0 Å². The molecule has 0 spiro atoms. The van der Waals surface area contributed by atoms with Gasteiger partial charge in [-0.05, 0) is 54.3 Å². The molecule has 0 fully saturated rings. The summed E-state index contributed by atoms with van der Waals surface area (Å²) in [6.45, 7) is 4.34. The van der Waals surface area contributed by atoms with Gasteiger partial charge in [0, 0.05) is 29.6 Å². The van der Waals surface area contributed by atoms with Gasteiger partial charge in [-0.1, -0.05) is 78.7 Å².